The number of aliphatic hydroxyl groups excluding tert-OH is 5. The fourth-order valence-electron chi connectivity index (χ4n) is 8.16. The zero-order valence-electron chi connectivity index (χ0n) is 42.6. The summed E-state index contributed by atoms with van der Waals surface area (Å²) >= 11 is 0. The molecule has 9 nitrogen and oxygen atoms in total. The molecule has 0 aliphatic carbocycles. The Hall–Kier alpha value is -2.63. The Bertz CT molecular complexity index is 1320. The largest absolute Gasteiger partial charge is 0.394 e. The summed E-state index contributed by atoms with van der Waals surface area (Å²) in [6, 6.07) is -0.812. The summed E-state index contributed by atoms with van der Waals surface area (Å²) in [6.07, 6.45) is 59.2. The molecule has 9 heteroatoms. The average molecular weight is 940 g/mol. The van der Waals surface area contributed by atoms with E-state index in [0.717, 1.165) is 83.5 Å². The van der Waals surface area contributed by atoms with Gasteiger partial charge in [0, 0.05) is 6.42 Å². The number of hydrogen-bond acceptors (Lipinski definition) is 8. The van der Waals surface area contributed by atoms with Gasteiger partial charge in [0.25, 0.3) is 0 Å². The topological polar surface area (TPSA) is 149 Å². The Morgan fingerprint density at radius 2 is 0.925 bits per heavy atom. The number of amides is 1. The van der Waals surface area contributed by atoms with Crippen LogP contribution in [0.4, 0.5) is 0 Å². The van der Waals surface area contributed by atoms with Crippen molar-refractivity contribution in [3.63, 3.8) is 0 Å². The summed E-state index contributed by atoms with van der Waals surface area (Å²) in [5.41, 5.74) is 0. The second-order valence-electron chi connectivity index (χ2n) is 18.6. The lowest BCUT2D eigenvalue weighted by atomic mass is 9.99. The molecular weight excluding hydrogens is 839 g/mol. The molecule has 1 saturated heterocycles. The van der Waals surface area contributed by atoms with Crippen LogP contribution in [0.5, 0.6) is 0 Å². The molecule has 7 unspecified atom stereocenters. The summed E-state index contributed by atoms with van der Waals surface area (Å²) < 4.78 is 11.2. The third-order valence-electron chi connectivity index (χ3n) is 12.5. The highest BCUT2D eigenvalue weighted by Crippen LogP contribution is 2.23. The number of hydrogen-bond donors (Lipinski definition) is 6. The molecule has 0 aromatic rings. The van der Waals surface area contributed by atoms with Crippen LogP contribution >= 0.6 is 0 Å². The van der Waals surface area contributed by atoms with Crippen molar-refractivity contribution < 1.29 is 39.8 Å². The lowest BCUT2D eigenvalue weighted by Crippen LogP contribution is -2.60. The molecule has 1 fully saturated rings. The fraction of sp³-hybridized carbons (Fsp3) is 0.741. The Morgan fingerprint density at radius 1 is 0.522 bits per heavy atom. The van der Waals surface area contributed by atoms with Gasteiger partial charge in [0.15, 0.2) is 6.29 Å². The number of ether oxygens (including phenoxy) is 2. The number of nitrogens with one attached hydrogen (secondary N) is 1. The second kappa shape index (κ2) is 47.1. The quantitative estimate of drug-likeness (QED) is 0.0261. The van der Waals surface area contributed by atoms with Gasteiger partial charge in [-0.25, -0.2) is 0 Å². The van der Waals surface area contributed by atoms with E-state index in [9.17, 15) is 30.3 Å². The van der Waals surface area contributed by atoms with E-state index in [1.165, 1.54) is 116 Å². The van der Waals surface area contributed by atoms with Crippen LogP contribution < -0.4 is 5.32 Å². The number of rotatable bonds is 45. The smallest absolute Gasteiger partial charge is 0.220 e. The highest BCUT2D eigenvalue weighted by molar-refractivity contribution is 5.76. The molecule has 6 N–H and O–H groups in total. The number of allylic oxidation sites excluding steroid dienone is 13. The van der Waals surface area contributed by atoms with Crippen LogP contribution in [0.3, 0.4) is 0 Å². The molecule has 0 saturated carbocycles. The molecular formula is C58H101NO8. The Balaban J connectivity index is 2.23. The summed E-state index contributed by atoms with van der Waals surface area (Å²) in [5, 5.41) is 54.4. The molecule has 1 heterocycles. The lowest BCUT2D eigenvalue weighted by Gasteiger charge is -2.40. The monoisotopic (exact) mass is 940 g/mol. The maximum absolute atomic E-state index is 13.0. The van der Waals surface area contributed by atoms with Gasteiger partial charge in [0.05, 0.1) is 25.4 Å². The van der Waals surface area contributed by atoms with Crippen molar-refractivity contribution in [3.8, 4) is 0 Å². The van der Waals surface area contributed by atoms with E-state index in [-0.39, 0.29) is 12.5 Å². The Kier molecular flexibility index (Phi) is 43.8. The van der Waals surface area contributed by atoms with Gasteiger partial charge in [0.1, 0.15) is 24.4 Å². The molecule has 1 aliphatic heterocycles. The van der Waals surface area contributed by atoms with Crippen LogP contribution in [-0.4, -0.2) is 87.5 Å². The van der Waals surface area contributed by atoms with Crippen LogP contribution in [0.15, 0.2) is 85.1 Å². The molecule has 0 spiro atoms. The van der Waals surface area contributed by atoms with Gasteiger partial charge >= 0.3 is 0 Å². The van der Waals surface area contributed by atoms with Crippen LogP contribution in [0.25, 0.3) is 0 Å². The van der Waals surface area contributed by atoms with Crippen LogP contribution in [0.1, 0.15) is 219 Å². The third-order valence-corrected chi connectivity index (χ3v) is 12.5. The van der Waals surface area contributed by atoms with E-state index in [0.29, 0.717) is 6.42 Å². The molecule has 0 aromatic heterocycles. The summed E-state index contributed by atoms with van der Waals surface area (Å²) in [4.78, 5) is 13.0. The normalized spacial score (nSPS) is 20.4. The predicted octanol–water partition coefficient (Wildman–Crippen LogP) is 13.1. The minimum Gasteiger partial charge on any atom is -0.394 e. The fourth-order valence-corrected chi connectivity index (χ4v) is 8.16. The van der Waals surface area contributed by atoms with E-state index in [2.05, 4.69) is 92.1 Å². The van der Waals surface area contributed by atoms with Crippen molar-refractivity contribution in [2.75, 3.05) is 13.2 Å². The summed E-state index contributed by atoms with van der Waals surface area (Å²) in [6.45, 7) is 3.66. The highest BCUT2D eigenvalue weighted by Gasteiger charge is 2.44. The lowest BCUT2D eigenvalue weighted by molar-refractivity contribution is -0.302. The van der Waals surface area contributed by atoms with Gasteiger partial charge in [-0.15, -0.1) is 0 Å². The minimum atomic E-state index is -1.57. The first-order valence-corrected chi connectivity index (χ1v) is 27.3. The number of carbonyl (C=O) groups excluding carboxylic acids is 1. The van der Waals surface area contributed by atoms with Gasteiger partial charge in [-0.2, -0.15) is 0 Å². The molecule has 1 rings (SSSR count). The van der Waals surface area contributed by atoms with Gasteiger partial charge < -0.3 is 40.3 Å². The van der Waals surface area contributed by atoms with Crippen LogP contribution in [0, 0.1) is 0 Å². The van der Waals surface area contributed by atoms with E-state index in [1.807, 2.05) is 6.08 Å². The molecule has 67 heavy (non-hydrogen) atoms. The molecule has 0 bridgehead atoms. The Labute approximate surface area is 410 Å². The first-order chi connectivity index (χ1) is 32.8. The first kappa shape index (κ1) is 62.4. The predicted molar refractivity (Wildman–Crippen MR) is 281 cm³/mol. The molecule has 1 amide bonds. The maximum Gasteiger partial charge on any atom is 0.220 e. The number of carbonyl (C=O) groups is 1. The van der Waals surface area contributed by atoms with Crippen LogP contribution in [0.2, 0.25) is 0 Å². The molecule has 386 valence electrons. The average Bonchev–Trinajstić information content (AvgIpc) is 3.33. The van der Waals surface area contributed by atoms with Crippen molar-refractivity contribution in [1.82, 2.24) is 5.32 Å². The van der Waals surface area contributed by atoms with Gasteiger partial charge in [-0.05, 0) is 70.6 Å². The van der Waals surface area contributed by atoms with Crippen molar-refractivity contribution in [3.05, 3.63) is 85.1 Å². The highest BCUT2D eigenvalue weighted by atomic mass is 16.7. The zero-order chi connectivity index (χ0) is 48.7. The first-order valence-electron chi connectivity index (χ1n) is 27.3. The standard InChI is InChI=1S/C58H101NO8/c1-3-5-7-9-11-13-15-17-19-20-21-22-23-24-25-26-27-28-29-30-31-32-34-36-38-40-42-44-46-48-54(62)59-51(50-66-58-57(65)56(64)55(63)53(49-60)67-58)52(61)47-45-43-41-39-37-35-33-18-16-14-12-10-8-6-4-2/h5,7,11,13,17,19,21-22,24-25,27-28,45,47,51-53,55-58,60-61,63-65H,3-4,6,8-10,12,14-16,18,20,23,26,29-44,46,48-50H2,1-2H3,(H,59,62)/b7-5-,13-11-,19-17-,22-21-,25-24-,28-27-,47-45+. The van der Waals surface area contributed by atoms with Crippen molar-refractivity contribution in [1.29, 1.82) is 0 Å². The van der Waals surface area contributed by atoms with E-state index >= 15 is 0 Å². The second-order valence-corrected chi connectivity index (χ2v) is 18.6. The third kappa shape index (κ3) is 36.9. The van der Waals surface area contributed by atoms with E-state index in [1.54, 1.807) is 6.08 Å². The van der Waals surface area contributed by atoms with Crippen molar-refractivity contribution in [2.45, 2.75) is 262 Å². The van der Waals surface area contributed by atoms with Crippen molar-refractivity contribution >= 4 is 5.91 Å². The summed E-state index contributed by atoms with van der Waals surface area (Å²) in [7, 11) is 0. The molecule has 1 aliphatic rings. The Morgan fingerprint density at radius 3 is 1.37 bits per heavy atom. The maximum atomic E-state index is 13.0. The summed E-state index contributed by atoms with van der Waals surface area (Å²) in [5.74, 6) is -0.185. The molecule has 0 aromatic carbocycles. The van der Waals surface area contributed by atoms with Gasteiger partial charge in [-0.3, -0.25) is 4.79 Å². The number of unbranched alkanes of at least 4 members (excludes halogenated alkanes) is 23. The van der Waals surface area contributed by atoms with Crippen LogP contribution in [-0.2, 0) is 14.3 Å². The van der Waals surface area contributed by atoms with E-state index in [4.69, 9.17) is 9.47 Å². The minimum absolute atomic E-state index is 0.185. The van der Waals surface area contributed by atoms with Crippen molar-refractivity contribution in [2.24, 2.45) is 0 Å². The molecule has 7 atom stereocenters. The van der Waals surface area contributed by atoms with E-state index < -0.39 is 49.5 Å². The van der Waals surface area contributed by atoms with Gasteiger partial charge in [0.2, 0.25) is 5.91 Å². The molecule has 0 radical (unpaired) electrons. The SMILES string of the molecule is CC/C=C\C/C=C\C/C=C\C/C=C\C/C=C\C/C=C\CCCCCCCCCCCCC(=O)NC(COC1OC(CO)C(O)C(O)C1O)C(O)/C=C/CCCCCCCCCCCCCCC. The zero-order valence-corrected chi connectivity index (χ0v) is 42.6. The number of aliphatic hydroxyl groups is 5. The van der Waals surface area contributed by atoms with Gasteiger partial charge in [-0.1, -0.05) is 227 Å².